The van der Waals surface area contributed by atoms with Crippen LogP contribution < -0.4 is 4.43 Å². The summed E-state index contributed by atoms with van der Waals surface area (Å²) in [4.78, 5) is 0. The Hall–Kier alpha value is -1.26. The van der Waals surface area contributed by atoms with Crippen molar-refractivity contribution in [1.29, 1.82) is 0 Å². The predicted octanol–water partition coefficient (Wildman–Crippen LogP) is 2.07. The molecule has 2 rings (SSSR count). The monoisotopic (exact) mass is 282 g/mol. The molecule has 0 unspecified atom stereocenters. The second-order valence-electron chi connectivity index (χ2n) is 3.57. The minimum Gasteiger partial charge on any atom is -0.205 e. The standard InChI is InChI=1S/C10F7.Al.2H/c11-3-1-2-4(7(14)6(3)13)8(15)10(17)9(16)5(2)12;;;. The van der Waals surface area contributed by atoms with Gasteiger partial charge in [0.25, 0.3) is 16.3 Å². The van der Waals surface area contributed by atoms with Gasteiger partial charge in [0.2, 0.25) is 0 Å². The van der Waals surface area contributed by atoms with Crippen LogP contribution in [0, 0.1) is 40.7 Å². The van der Waals surface area contributed by atoms with Gasteiger partial charge in [-0.1, -0.05) is 4.43 Å². The van der Waals surface area contributed by atoms with Crippen LogP contribution in [-0.2, 0) is 0 Å². The first-order valence-electron chi connectivity index (χ1n) is 4.57. The average Bonchev–Trinajstić information content (AvgIpc) is 2.35. The summed E-state index contributed by atoms with van der Waals surface area (Å²) < 4.78 is 91.3. The molecule has 0 amide bonds. The van der Waals surface area contributed by atoms with Crippen LogP contribution in [-0.4, -0.2) is 16.3 Å². The average molecular weight is 282 g/mol. The van der Waals surface area contributed by atoms with Crippen LogP contribution in [0.15, 0.2) is 0 Å². The largest absolute Gasteiger partial charge is 0.265 e. The molecule has 8 heteroatoms. The van der Waals surface area contributed by atoms with Gasteiger partial charge in [0, 0.05) is 5.39 Å². The molecule has 18 heavy (non-hydrogen) atoms. The minimum absolute atomic E-state index is 0.349. The van der Waals surface area contributed by atoms with E-state index in [2.05, 4.69) is 0 Å². The maximum Gasteiger partial charge on any atom is 0.265 e. The third kappa shape index (κ3) is 1.52. The number of fused-ring (bicyclic) bond motifs is 1. The van der Waals surface area contributed by atoms with Gasteiger partial charge >= 0.3 is 0 Å². The summed E-state index contributed by atoms with van der Waals surface area (Å²) in [6.07, 6.45) is 0. The maximum absolute atomic E-state index is 13.4. The van der Waals surface area contributed by atoms with Crippen LogP contribution in [0.2, 0.25) is 0 Å². The summed E-state index contributed by atoms with van der Waals surface area (Å²) in [7, 11) is 0. The van der Waals surface area contributed by atoms with Gasteiger partial charge in [-0.15, -0.1) is 0 Å². The molecule has 0 aliphatic carbocycles. The first kappa shape index (κ1) is 13.2. The molecule has 0 saturated carbocycles. The summed E-state index contributed by atoms with van der Waals surface area (Å²) in [6, 6.07) is 0. The van der Waals surface area contributed by atoms with Crippen molar-refractivity contribution in [3.63, 3.8) is 0 Å². The Kier molecular flexibility index (Phi) is 3.03. The van der Waals surface area contributed by atoms with Crippen molar-refractivity contribution in [2.24, 2.45) is 0 Å². The molecule has 0 bridgehead atoms. The molecule has 2 aromatic carbocycles. The highest BCUT2D eigenvalue weighted by Gasteiger charge is 2.28. The molecule has 0 saturated heterocycles. The van der Waals surface area contributed by atoms with E-state index in [0.29, 0.717) is 0 Å². The van der Waals surface area contributed by atoms with Gasteiger partial charge in [0.1, 0.15) is 5.82 Å². The zero-order valence-electron chi connectivity index (χ0n) is 8.65. The van der Waals surface area contributed by atoms with Gasteiger partial charge in [-0.2, -0.15) is 0 Å². The van der Waals surface area contributed by atoms with Crippen molar-refractivity contribution >= 4 is 31.5 Å². The SMILES string of the molecule is Fc1c(F)c(F)c2[c]([AlH2])c(F)c(F)c(F)c2c1F. The Morgan fingerprint density at radius 3 is 1.22 bits per heavy atom. The number of hydrogen-bond donors (Lipinski definition) is 0. The third-order valence-corrected chi connectivity index (χ3v) is 3.52. The summed E-state index contributed by atoms with van der Waals surface area (Å²) in [5.74, 6) is -14.3. The molecular weight excluding hydrogens is 280 g/mol. The van der Waals surface area contributed by atoms with Crippen molar-refractivity contribution in [2.45, 2.75) is 0 Å². The molecule has 0 aliphatic heterocycles. The highest BCUT2D eigenvalue weighted by molar-refractivity contribution is 6.39. The van der Waals surface area contributed by atoms with Gasteiger partial charge in [-0.25, -0.2) is 30.7 Å². The fourth-order valence-electron chi connectivity index (χ4n) is 1.67. The summed E-state index contributed by atoms with van der Waals surface area (Å²) >= 11 is -0.349. The van der Waals surface area contributed by atoms with Gasteiger partial charge in [0.15, 0.2) is 34.9 Å². The summed E-state index contributed by atoms with van der Waals surface area (Å²) in [5, 5.41) is -2.52. The molecular formula is C10H2AlF7. The Bertz CT molecular complexity index is 567. The second-order valence-corrected chi connectivity index (χ2v) is 4.57. The minimum atomic E-state index is -2.27. The van der Waals surface area contributed by atoms with Gasteiger partial charge in [-0.3, -0.25) is 0 Å². The van der Waals surface area contributed by atoms with E-state index in [-0.39, 0.29) is 16.3 Å². The molecule has 0 N–H and O–H groups in total. The van der Waals surface area contributed by atoms with Gasteiger partial charge in [-0.05, 0) is 0 Å². The van der Waals surface area contributed by atoms with E-state index in [0.717, 1.165) is 0 Å². The maximum atomic E-state index is 13.4. The Morgan fingerprint density at radius 1 is 0.444 bits per heavy atom. The van der Waals surface area contributed by atoms with Crippen LogP contribution in [0.3, 0.4) is 0 Å². The van der Waals surface area contributed by atoms with E-state index in [1.165, 1.54) is 0 Å². The van der Waals surface area contributed by atoms with Crippen LogP contribution in [0.4, 0.5) is 30.7 Å². The lowest BCUT2D eigenvalue weighted by atomic mass is 10.1. The molecule has 0 radical (unpaired) electrons. The van der Waals surface area contributed by atoms with Crippen molar-refractivity contribution in [1.82, 2.24) is 0 Å². The fraction of sp³-hybridized carbons (Fsp3) is 0. The smallest absolute Gasteiger partial charge is 0.205 e. The molecule has 0 nitrogen and oxygen atoms in total. The number of hydrogen-bond acceptors (Lipinski definition) is 0. The Morgan fingerprint density at radius 2 is 0.778 bits per heavy atom. The lowest BCUT2D eigenvalue weighted by Gasteiger charge is -2.10. The first-order chi connectivity index (χ1) is 8.29. The van der Waals surface area contributed by atoms with Crippen molar-refractivity contribution in [2.75, 3.05) is 0 Å². The lowest BCUT2D eigenvalue weighted by molar-refractivity contribution is 0.411. The molecule has 2 aromatic rings. The van der Waals surface area contributed by atoms with Crippen LogP contribution in [0.25, 0.3) is 10.8 Å². The van der Waals surface area contributed by atoms with E-state index in [9.17, 15) is 30.7 Å². The van der Waals surface area contributed by atoms with Gasteiger partial charge in [0.05, 0.1) is 5.39 Å². The van der Waals surface area contributed by atoms with Crippen molar-refractivity contribution < 1.29 is 30.7 Å². The highest BCUT2D eigenvalue weighted by Crippen LogP contribution is 2.29. The second kappa shape index (κ2) is 4.14. The zero-order valence-corrected chi connectivity index (χ0v) is 10.6. The fourth-order valence-corrected chi connectivity index (χ4v) is 2.36. The summed E-state index contributed by atoms with van der Waals surface area (Å²) in [5.41, 5.74) is 0. The Labute approximate surface area is 103 Å². The molecule has 94 valence electrons. The number of rotatable bonds is 0. The van der Waals surface area contributed by atoms with E-state index >= 15 is 0 Å². The highest BCUT2D eigenvalue weighted by atomic mass is 27.0. The van der Waals surface area contributed by atoms with E-state index in [1.807, 2.05) is 0 Å². The van der Waals surface area contributed by atoms with Crippen molar-refractivity contribution in [3.05, 3.63) is 40.7 Å². The predicted molar refractivity (Wildman–Crippen MR) is 51.8 cm³/mol. The van der Waals surface area contributed by atoms with E-state index in [4.69, 9.17) is 0 Å². The zero-order chi connectivity index (χ0) is 13.8. The van der Waals surface area contributed by atoms with Crippen molar-refractivity contribution in [3.8, 4) is 0 Å². The Balaban J connectivity index is 3.22. The number of halogens is 7. The molecule has 0 aliphatic rings. The van der Waals surface area contributed by atoms with Crippen LogP contribution in [0.5, 0.6) is 0 Å². The number of benzene rings is 2. The normalized spacial score (nSPS) is 11.3. The van der Waals surface area contributed by atoms with Crippen LogP contribution in [0.1, 0.15) is 0 Å². The molecule has 0 atom stereocenters. The topological polar surface area (TPSA) is 0 Å². The van der Waals surface area contributed by atoms with E-state index in [1.54, 1.807) is 0 Å². The lowest BCUT2D eigenvalue weighted by Crippen LogP contribution is -2.18. The van der Waals surface area contributed by atoms with Gasteiger partial charge < -0.3 is 0 Å². The molecule has 0 aromatic heterocycles. The van der Waals surface area contributed by atoms with E-state index < -0.39 is 55.9 Å². The molecule has 0 fully saturated rings. The molecule has 0 heterocycles. The third-order valence-electron chi connectivity index (χ3n) is 2.58. The van der Waals surface area contributed by atoms with Crippen LogP contribution >= 0.6 is 0 Å². The quantitative estimate of drug-likeness (QED) is 0.300. The molecule has 0 spiro atoms. The first-order valence-corrected chi connectivity index (χ1v) is 5.57. The summed E-state index contributed by atoms with van der Waals surface area (Å²) in [6.45, 7) is 0.